The number of benzene rings is 1. The maximum Gasteiger partial charge on any atom is 0.228 e. The number of carbonyl (C=O) groups is 2. The number of carbonyl (C=O) groups excluding carboxylic acids is 2. The Balaban J connectivity index is 1.68. The normalized spacial score (nSPS) is 24.5. The minimum absolute atomic E-state index is 0.00117. The summed E-state index contributed by atoms with van der Waals surface area (Å²) in [5, 5.41) is 0. The van der Waals surface area contributed by atoms with Crippen LogP contribution in [0.5, 0.6) is 0 Å². The summed E-state index contributed by atoms with van der Waals surface area (Å²) in [5.41, 5.74) is 0.504. The summed E-state index contributed by atoms with van der Waals surface area (Å²) in [6, 6.07) is 3.63. The number of halogens is 2. The van der Waals surface area contributed by atoms with Gasteiger partial charge in [-0.15, -0.1) is 0 Å². The van der Waals surface area contributed by atoms with Gasteiger partial charge in [0.1, 0.15) is 6.10 Å². The van der Waals surface area contributed by atoms with E-state index in [9.17, 15) is 18.4 Å². The second-order valence-electron chi connectivity index (χ2n) is 6.15. The molecule has 1 aromatic carbocycles. The number of hydrogen-bond acceptors (Lipinski definition) is 3. The van der Waals surface area contributed by atoms with Gasteiger partial charge in [-0.3, -0.25) is 9.59 Å². The minimum atomic E-state index is -0.931. The van der Waals surface area contributed by atoms with Gasteiger partial charge in [-0.1, -0.05) is 6.07 Å². The minimum Gasteiger partial charge on any atom is -0.370 e. The SMILES string of the molecule is CCN1C[C@@H](C(=O)N2CCO[C@H](c3ccc(F)c(F)c3)C2)CC1=O. The van der Waals surface area contributed by atoms with Crippen molar-refractivity contribution in [3.05, 3.63) is 35.4 Å². The Bertz CT molecular complexity index is 653. The van der Waals surface area contributed by atoms with E-state index in [4.69, 9.17) is 4.74 Å². The number of nitrogens with zero attached hydrogens (tertiary/aromatic N) is 2. The summed E-state index contributed by atoms with van der Waals surface area (Å²) in [6.45, 7) is 3.98. The molecule has 2 fully saturated rings. The largest absolute Gasteiger partial charge is 0.370 e. The predicted octanol–water partition coefficient (Wildman–Crippen LogP) is 1.73. The molecule has 7 heteroatoms. The number of likely N-dealkylation sites (tertiary alicyclic amines) is 1. The second-order valence-corrected chi connectivity index (χ2v) is 6.15. The van der Waals surface area contributed by atoms with Gasteiger partial charge in [-0.05, 0) is 24.6 Å². The van der Waals surface area contributed by atoms with E-state index < -0.39 is 17.7 Å². The van der Waals surface area contributed by atoms with Crippen molar-refractivity contribution in [3.63, 3.8) is 0 Å². The number of ether oxygens (including phenoxy) is 1. The summed E-state index contributed by atoms with van der Waals surface area (Å²) in [6.07, 6.45) is -0.253. The van der Waals surface area contributed by atoms with Crippen molar-refractivity contribution in [1.29, 1.82) is 0 Å². The first-order chi connectivity index (χ1) is 11.5. The topological polar surface area (TPSA) is 49.9 Å². The van der Waals surface area contributed by atoms with Gasteiger partial charge in [0.15, 0.2) is 11.6 Å². The molecule has 0 aliphatic carbocycles. The van der Waals surface area contributed by atoms with Crippen LogP contribution in [0.4, 0.5) is 8.78 Å². The van der Waals surface area contributed by atoms with Crippen LogP contribution >= 0.6 is 0 Å². The van der Waals surface area contributed by atoms with Crippen molar-refractivity contribution in [2.45, 2.75) is 19.4 Å². The molecule has 24 heavy (non-hydrogen) atoms. The Kier molecular flexibility index (Phi) is 4.80. The molecule has 2 atom stereocenters. The summed E-state index contributed by atoms with van der Waals surface area (Å²) in [5.74, 6) is -2.25. The van der Waals surface area contributed by atoms with Crippen molar-refractivity contribution in [3.8, 4) is 0 Å². The molecule has 2 aliphatic rings. The smallest absolute Gasteiger partial charge is 0.228 e. The molecular formula is C17H20F2N2O3. The van der Waals surface area contributed by atoms with Crippen LogP contribution in [0.15, 0.2) is 18.2 Å². The third kappa shape index (κ3) is 3.26. The maximum atomic E-state index is 13.4. The molecule has 5 nitrogen and oxygen atoms in total. The zero-order valence-corrected chi connectivity index (χ0v) is 13.5. The summed E-state index contributed by atoms with van der Waals surface area (Å²) >= 11 is 0. The predicted molar refractivity (Wildman–Crippen MR) is 82.0 cm³/mol. The van der Waals surface area contributed by atoms with E-state index in [1.54, 1.807) is 9.80 Å². The van der Waals surface area contributed by atoms with Crippen LogP contribution in [-0.2, 0) is 14.3 Å². The molecule has 0 unspecified atom stereocenters. The van der Waals surface area contributed by atoms with Crippen LogP contribution in [0.2, 0.25) is 0 Å². The molecule has 0 radical (unpaired) electrons. The molecular weight excluding hydrogens is 318 g/mol. The van der Waals surface area contributed by atoms with E-state index in [1.165, 1.54) is 6.07 Å². The molecule has 3 rings (SSSR count). The molecule has 2 heterocycles. The van der Waals surface area contributed by atoms with E-state index in [2.05, 4.69) is 0 Å². The monoisotopic (exact) mass is 338 g/mol. The van der Waals surface area contributed by atoms with Crippen molar-refractivity contribution >= 4 is 11.8 Å². The molecule has 0 spiro atoms. The zero-order chi connectivity index (χ0) is 17.3. The van der Waals surface area contributed by atoms with Crippen LogP contribution in [0.3, 0.4) is 0 Å². The van der Waals surface area contributed by atoms with E-state index in [0.29, 0.717) is 31.8 Å². The zero-order valence-electron chi connectivity index (χ0n) is 13.5. The summed E-state index contributed by atoms with van der Waals surface area (Å²) in [4.78, 5) is 27.8. The first-order valence-electron chi connectivity index (χ1n) is 8.12. The number of morpholine rings is 1. The van der Waals surface area contributed by atoms with Crippen LogP contribution in [-0.4, -0.2) is 54.4 Å². The molecule has 130 valence electrons. The third-order valence-electron chi connectivity index (χ3n) is 4.64. The standard InChI is InChI=1S/C17H20F2N2O3/c1-2-20-9-12(8-16(20)22)17(23)21-5-6-24-15(10-21)11-3-4-13(18)14(19)7-11/h3-4,7,12,15H,2,5-6,8-10H2,1H3/t12-,15-/m0/s1. The van der Waals surface area contributed by atoms with Crippen molar-refractivity contribution in [1.82, 2.24) is 9.80 Å². The summed E-state index contributed by atoms with van der Waals surface area (Å²) < 4.78 is 32.1. The molecule has 1 aromatic rings. The van der Waals surface area contributed by atoms with Gasteiger partial charge in [0.2, 0.25) is 11.8 Å². The molecule has 0 bridgehead atoms. The van der Waals surface area contributed by atoms with Gasteiger partial charge in [-0.2, -0.15) is 0 Å². The van der Waals surface area contributed by atoms with E-state index in [1.807, 2.05) is 6.92 Å². The first-order valence-corrected chi connectivity index (χ1v) is 8.12. The summed E-state index contributed by atoms with van der Waals surface area (Å²) in [7, 11) is 0. The van der Waals surface area contributed by atoms with E-state index >= 15 is 0 Å². The highest BCUT2D eigenvalue weighted by Gasteiger charge is 2.37. The van der Waals surface area contributed by atoms with Gasteiger partial charge in [-0.25, -0.2) is 8.78 Å². The Morgan fingerprint density at radius 2 is 2.08 bits per heavy atom. The fourth-order valence-corrected chi connectivity index (χ4v) is 3.27. The lowest BCUT2D eigenvalue weighted by atomic mass is 10.0. The third-order valence-corrected chi connectivity index (χ3v) is 4.64. The molecule has 0 aromatic heterocycles. The fourth-order valence-electron chi connectivity index (χ4n) is 3.27. The van der Waals surface area contributed by atoms with E-state index in [-0.39, 0.29) is 30.7 Å². The van der Waals surface area contributed by atoms with Gasteiger partial charge in [0.25, 0.3) is 0 Å². The van der Waals surface area contributed by atoms with Crippen molar-refractivity contribution in [2.24, 2.45) is 5.92 Å². The molecule has 2 amide bonds. The van der Waals surface area contributed by atoms with Crippen LogP contribution in [0.1, 0.15) is 25.0 Å². The maximum absolute atomic E-state index is 13.4. The quantitative estimate of drug-likeness (QED) is 0.843. The van der Waals surface area contributed by atoms with Gasteiger partial charge in [0, 0.05) is 26.1 Å². The lowest BCUT2D eigenvalue weighted by Gasteiger charge is -2.34. The Morgan fingerprint density at radius 1 is 1.29 bits per heavy atom. The lowest BCUT2D eigenvalue weighted by molar-refractivity contribution is -0.143. The number of rotatable bonds is 3. The highest BCUT2D eigenvalue weighted by molar-refractivity contribution is 5.89. The first kappa shape index (κ1) is 16.8. The van der Waals surface area contributed by atoms with Gasteiger partial charge >= 0.3 is 0 Å². The second kappa shape index (κ2) is 6.84. The highest BCUT2D eigenvalue weighted by atomic mass is 19.2. The van der Waals surface area contributed by atoms with Crippen LogP contribution in [0, 0.1) is 17.6 Å². The Hall–Kier alpha value is -2.02. The van der Waals surface area contributed by atoms with Gasteiger partial charge < -0.3 is 14.5 Å². The lowest BCUT2D eigenvalue weighted by Crippen LogP contribution is -2.45. The van der Waals surface area contributed by atoms with Crippen molar-refractivity contribution in [2.75, 3.05) is 32.8 Å². The van der Waals surface area contributed by atoms with Gasteiger partial charge in [0.05, 0.1) is 19.1 Å². The Morgan fingerprint density at radius 3 is 2.75 bits per heavy atom. The molecule has 0 N–H and O–H groups in total. The average molecular weight is 338 g/mol. The fraction of sp³-hybridized carbons (Fsp3) is 0.529. The average Bonchev–Trinajstić information content (AvgIpc) is 2.97. The Labute approximate surface area is 139 Å². The van der Waals surface area contributed by atoms with E-state index in [0.717, 1.165) is 12.1 Å². The van der Waals surface area contributed by atoms with Crippen LogP contribution < -0.4 is 0 Å². The molecule has 2 aliphatic heterocycles. The number of amides is 2. The molecule has 0 saturated carbocycles. The number of hydrogen-bond donors (Lipinski definition) is 0. The van der Waals surface area contributed by atoms with Crippen LogP contribution in [0.25, 0.3) is 0 Å². The van der Waals surface area contributed by atoms with Crippen molar-refractivity contribution < 1.29 is 23.1 Å². The molecule has 2 saturated heterocycles. The highest BCUT2D eigenvalue weighted by Crippen LogP contribution is 2.26.